The Hall–Kier alpha value is -1.39. The van der Waals surface area contributed by atoms with Crippen molar-refractivity contribution in [2.45, 2.75) is 23.6 Å². The van der Waals surface area contributed by atoms with E-state index in [9.17, 15) is 35.8 Å². The summed E-state index contributed by atoms with van der Waals surface area (Å²) in [4.78, 5) is 10.1. The quantitative estimate of drug-likeness (QED) is 0.221. The van der Waals surface area contributed by atoms with Gasteiger partial charge in [0.25, 0.3) is 20.2 Å². The first-order valence-electron chi connectivity index (χ1n) is 8.82. The van der Waals surface area contributed by atoms with Crippen LogP contribution in [0.25, 0.3) is 10.8 Å². The number of fused-ring (bicyclic) bond motifs is 1. The molecule has 15 heteroatoms. The summed E-state index contributed by atoms with van der Waals surface area (Å²) in [6, 6.07) is 9.32. The van der Waals surface area contributed by atoms with Gasteiger partial charge in [0.05, 0.1) is 16.3 Å². The van der Waals surface area contributed by atoms with Crippen LogP contribution in [0.4, 0.5) is 17.1 Å². The predicted molar refractivity (Wildman–Crippen MR) is 129 cm³/mol. The van der Waals surface area contributed by atoms with Crippen LogP contribution in [0.3, 0.4) is 0 Å². The molecule has 0 radical (unpaired) electrons. The molecule has 172 valence electrons. The number of benzene rings is 3. The number of nitrogens with zero attached hydrogens (tertiary/aromatic N) is 2. The van der Waals surface area contributed by atoms with Gasteiger partial charge in [0.1, 0.15) is 10.6 Å². The van der Waals surface area contributed by atoms with E-state index in [1.807, 2.05) is 0 Å². The van der Waals surface area contributed by atoms with Crippen molar-refractivity contribution in [1.82, 2.24) is 0 Å². The number of phenolic OH excluding ortho intramolecular Hbond substituents is 1. The third-order valence-corrected chi connectivity index (χ3v) is 6.08. The average Bonchev–Trinajstić information content (AvgIpc) is 2.66. The Morgan fingerprint density at radius 2 is 1.56 bits per heavy atom. The number of aromatic hydroxyl groups is 1. The molecule has 0 saturated heterocycles. The molecule has 3 aromatic rings. The van der Waals surface area contributed by atoms with Crippen molar-refractivity contribution in [3.63, 3.8) is 0 Å². The topological polar surface area (TPSA) is 183 Å². The summed E-state index contributed by atoms with van der Waals surface area (Å²) >= 11 is 0. The van der Waals surface area contributed by atoms with Crippen LogP contribution in [0.2, 0.25) is 0 Å². The second-order valence-electron chi connectivity index (χ2n) is 6.76. The van der Waals surface area contributed by atoms with Gasteiger partial charge in [-0.15, -0.1) is 5.11 Å². The third kappa shape index (κ3) is 6.85. The summed E-state index contributed by atoms with van der Waals surface area (Å²) in [5.74, 6) is -1.43. The van der Waals surface area contributed by atoms with Gasteiger partial charge in [-0.2, -0.15) is 21.9 Å². The van der Waals surface area contributed by atoms with E-state index < -0.39 is 47.4 Å². The van der Waals surface area contributed by atoms with Gasteiger partial charge in [-0.25, -0.2) is 0 Å². The van der Waals surface area contributed by atoms with Crippen molar-refractivity contribution >= 4 is 113 Å². The summed E-state index contributed by atoms with van der Waals surface area (Å²) in [7, 11) is -9.72. The van der Waals surface area contributed by atoms with Crippen molar-refractivity contribution < 1.29 is 35.8 Å². The van der Waals surface area contributed by atoms with Gasteiger partial charge in [-0.3, -0.25) is 13.9 Å². The first kappa shape index (κ1) is 30.6. The number of carbonyl (C=O) groups excluding carboxylic acids is 1. The number of azo groups is 1. The first-order valence-corrected chi connectivity index (χ1v) is 11.7. The average molecular weight is 527 g/mol. The van der Waals surface area contributed by atoms with Crippen LogP contribution >= 0.6 is 0 Å². The summed E-state index contributed by atoms with van der Waals surface area (Å²) in [6.07, 6.45) is 0. The second kappa shape index (κ2) is 11.6. The monoisotopic (exact) mass is 527 g/mol. The maximum atomic E-state index is 12.0. The van der Waals surface area contributed by atoms with Crippen LogP contribution in [0.15, 0.2) is 62.5 Å². The van der Waals surface area contributed by atoms with Crippen LogP contribution in [0.1, 0.15) is 12.5 Å². The van der Waals surface area contributed by atoms with Gasteiger partial charge >= 0.3 is 59.1 Å². The fraction of sp³-hybridized carbons (Fsp3) is 0.105. The molecule has 0 aromatic heterocycles. The standard InChI is InChI=1S/C19H17N3O8S2.2Na.2H/c1-10-5-3-4-6-14(10)21-22-18-16(32(28,29)30)8-12-7-13(31(25,26)27)9-15(20-11(2)23)17(12)19(18)24;;;;/h3-9,24H,1-2H3,(H,20,23)(H,25,26,27)(H,28,29,30);;;;. The molecule has 0 spiro atoms. The fourth-order valence-corrected chi connectivity index (χ4v) is 4.17. The zero-order valence-electron chi connectivity index (χ0n) is 16.6. The van der Waals surface area contributed by atoms with Gasteiger partial charge in [0.2, 0.25) is 5.91 Å². The number of amides is 1. The Kier molecular flexibility index (Phi) is 10.4. The molecule has 34 heavy (non-hydrogen) atoms. The molecule has 1 amide bonds. The molecule has 0 fully saturated rings. The first-order chi connectivity index (χ1) is 14.8. The Bertz CT molecular complexity index is 1510. The van der Waals surface area contributed by atoms with Crippen molar-refractivity contribution in [1.29, 1.82) is 0 Å². The van der Waals surface area contributed by atoms with Crippen LogP contribution in [0.5, 0.6) is 5.75 Å². The molecule has 0 atom stereocenters. The normalized spacial score (nSPS) is 11.6. The van der Waals surface area contributed by atoms with Gasteiger partial charge < -0.3 is 10.4 Å². The van der Waals surface area contributed by atoms with Crippen molar-refractivity contribution in [3.05, 3.63) is 48.0 Å². The van der Waals surface area contributed by atoms with E-state index >= 15 is 0 Å². The van der Waals surface area contributed by atoms with Gasteiger partial charge in [0.15, 0.2) is 5.75 Å². The number of rotatable bonds is 5. The Labute approximate surface area is 239 Å². The fourth-order valence-electron chi connectivity index (χ4n) is 2.97. The van der Waals surface area contributed by atoms with Crippen molar-refractivity contribution in [3.8, 4) is 5.75 Å². The van der Waals surface area contributed by atoms with E-state index in [-0.39, 0.29) is 75.6 Å². The molecule has 11 nitrogen and oxygen atoms in total. The Morgan fingerprint density at radius 3 is 2.09 bits per heavy atom. The number of aryl methyl sites for hydroxylation is 1. The van der Waals surface area contributed by atoms with Crippen molar-refractivity contribution in [2.24, 2.45) is 10.2 Å². The number of phenols is 1. The Balaban J connectivity index is 0.00000289. The molecule has 0 saturated carbocycles. The van der Waals surface area contributed by atoms with E-state index in [4.69, 9.17) is 0 Å². The van der Waals surface area contributed by atoms with Crippen LogP contribution in [-0.2, 0) is 25.0 Å². The van der Waals surface area contributed by atoms with Crippen LogP contribution in [0, 0.1) is 6.92 Å². The van der Waals surface area contributed by atoms with Gasteiger partial charge in [-0.05, 0) is 42.1 Å². The predicted octanol–water partition coefficient (Wildman–Crippen LogP) is 2.42. The van der Waals surface area contributed by atoms with Gasteiger partial charge in [0, 0.05) is 12.3 Å². The number of anilines is 1. The second-order valence-corrected chi connectivity index (χ2v) is 9.57. The van der Waals surface area contributed by atoms with E-state index in [0.29, 0.717) is 11.3 Å². The summed E-state index contributed by atoms with van der Waals surface area (Å²) in [5.41, 5.74) is 0.183. The van der Waals surface area contributed by atoms with E-state index in [1.165, 1.54) is 0 Å². The molecule has 0 aliphatic carbocycles. The van der Waals surface area contributed by atoms with Crippen molar-refractivity contribution in [2.75, 3.05) is 5.32 Å². The van der Waals surface area contributed by atoms with E-state index in [2.05, 4.69) is 15.5 Å². The molecule has 0 aliphatic rings. The third-order valence-electron chi connectivity index (χ3n) is 4.38. The maximum absolute atomic E-state index is 12.0. The zero-order chi connectivity index (χ0) is 23.8. The summed E-state index contributed by atoms with van der Waals surface area (Å²) in [6.45, 7) is 2.85. The molecule has 0 unspecified atom stereocenters. The summed E-state index contributed by atoms with van der Waals surface area (Å²) < 4.78 is 66.3. The molecular weight excluding hydrogens is 508 g/mol. The number of carbonyl (C=O) groups is 1. The minimum absolute atomic E-state index is 0. The van der Waals surface area contributed by atoms with E-state index in [1.54, 1.807) is 31.2 Å². The van der Waals surface area contributed by atoms with Gasteiger partial charge in [-0.1, -0.05) is 18.2 Å². The molecule has 0 bridgehead atoms. The molecule has 3 rings (SSSR count). The Morgan fingerprint density at radius 1 is 0.941 bits per heavy atom. The SMILES string of the molecule is CC(=O)Nc1cc(S(=O)(=O)O)cc2cc(S(=O)(=O)O)c(N=Nc3ccccc3C)c(O)c12.[NaH].[NaH]. The zero-order valence-corrected chi connectivity index (χ0v) is 18.3. The van der Waals surface area contributed by atoms with E-state index in [0.717, 1.165) is 25.1 Å². The minimum atomic E-state index is -4.96. The molecule has 4 N–H and O–H groups in total. The van der Waals surface area contributed by atoms with Crippen LogP contribution in [-0.4, -0.2) is 96.1 Å². The molecule has 0 aliphatic heterocycles. The number of hydrogen-bond acceptors (Lipinski definition) is 8. The molecule has 3 aromatic carbocycles. The van der Waals surface area contributed by atoms with Crippen LogP contribution < -0.4 is 5.32 Å². The number of hydrogen-bond donors (Lipinski definition) is 4. The summed E-state index contributed by atoms with van der Waals surface area (Å²) in [5, 5.41) is 20.5. The molecular formula is C19H19N3Na2O8S2. The number of nitrogens with one attached hydrogen (secondary N) is 1. The molecule has 0 heterocycles.